The highest BCUT2D eigenvalue weighted by Crippen LogP contribution is 2.13. The Morgan fingerprint density at radius 3 is 1.13 bits per heavy atom. The van der Waals surface area contributed by atoms with Crippen LogP contribution >= 0.6 is 0 Å². The van der Waals surface area contributed by atoms with Gasteiger partial charge in [0.1, 0.15) is 0 Å². The Hall–Kier alpha value is -0.120. The molecule has 30 heavy (non-hydrogen) atoms. The molecule has 0 aliphatic carbocycles. The largest absolute Gasteiger partial charge is 0.392 e. The van der Waals surface area contributed by atoms with Crippen molar-refractivity contribution in [3.8, 4) is 0 Å². The van der Waals surface area contributed by atoms with Gasteiger partial charge in [-0.2, -0.15) is 0 Å². The summed E-state index contributed by atoms with van der Waals surface area (Å²) in [5.74, 6) is 0. The van der Waals surface area contributed by atoms with E-state index in [0.29, 0.717) is 0 Å². The van der Waals surface area contributed by atoms with Crippen LogP contribution in [0.5, 0.6) is 0 Å². The number of hydrogen-bond donors (Lipinski definition) is 2. The van der Waals surface area contributed by atoms with Gasteiger partial charge in [0.25, 0.3) is 0 Å². The van der Waals surface area contributed by atoms with E-state index in [-0.39, 0.29) is 12.2 Å². The summed E-state index contributed by atoms with van der Waals surface area (Å²) in [7, 11) is 0. The summed E-state index contributed by atoms with van der Waals surface area (Å²) in [6.45, 7) is 9.13. The second-order valence-electron chi connectivity index (χ2n) is 9.59. The number of aliphatic hydroxyl groups is 2. The molecule has 0 aliphatic heterocycles. The molecular formula is C27H57NO2. The van der Waals surface area contributed by atoms with Crippen LogP contribution in [-0.2, 0) is 0 Å². The van der Waals surface area contributed by atoms with Crippen molar-refractivity contribution < 1.29 is 10.2 Å². The molecule has 0 aromatic carbocycles. The van der Waals surface area contributed by atoms with E-state index in [0.717, 1.165) is 51.7 Å². The zero-order valence-corrected chi connectivity index (χ0v) is 21.1. The van der Waals surface area contributed by atoms with Crippen LogP contribution < -0.4 is 0 Å². The van der Waals surface area contributed by atoms with Crippen molar-refractivity contribution in [3.05, 3.63) is 0 Å². The Morgan fingerprint density at radius 1 is 0.467 bits per heavy atom. The smallest absolute Gasteiger partial charge is 0.0667 e. The van der Waals surface area contributed by atoms with Crippen LogP contribution in [0.3, 0.4) is 0 Å². The van der Waals surface area contributed by atoms with Gasteiger partial charge < -0.3 is 10.2 Å². The molecule has 3 heteroatoms. The molecule has 0 aromatic heterocycles. The first-order valence-corrected chi connectivity index (χ1v) is 13.7. The topological polar surface area (TPSA) is 43.7 Å². The molecule has 0 aliphatic rings. The summed E-state index contributed by atoms with van der Waals surface area (Å²) in [5, 5.41) is 20.9. The molecule has 0 spiro atoms. The predicted molar refractivity (Wildman–Crippen MR) is 133 cm³/mol. The predicted octanol–water partition coefficient (Wildman–Crippen LogP) is 7.48. The maximum absolute atomic E-state index is 10.4. The van der Waals surface area contributed by atoms with Crippen LogP contribution in [-0.4, -0.2) is 47.0 Å². The van der Waals surface area contributed by atoms with Crippen LogP contribution in [0.15, 0.2) is 0 Å². The van der Waals surface area contributed by atoms with Crippen molar-refractivity contribution in [1.82, 2.24) is 4.90 Å². The molecule has 0 rings (SSSR count). The van der Waals surface area contributed by atoms with Crippen LogP contribution in [0.25, 0.3) is 0 Å². The average molecular weight is 428 g/mol. The van der Waals surface area contributed by atoms with Gasteiger partial charge in [-0.25, -0.2) is 0 Å². The van der Waals surface area contributed by atoms with E-state index in [1.807, 2.05) is 0 Å². The normalized spacial score (nSPS) is 13.8. The van der Waals surface area contributed by atoms with Gasteiger partial charge >= 0.3 is 0 Å². The van der Waals surface area contributed by atoms with Gasteiger partial charge in [0.15, 0.2) is 0 Å². The number of nitrogens with zero attached hydrogens (tertiary/aromatic N) is 1. The summed E-state index contributed by atoms with van der Waals surface area (Å²) in [6, 6.07) is 0. The second-order valence-corrected chi connectivity index (χ2v) is 9.59. The molecule has 3 nitrogen and oxygen atoms in total. The van der Waals surface area contributed by atoms with Gasteiger partial charge in [0.2, 0.25) is 0 Å². The van der Waals surface area contributed by atoms with Gasteiger partial charge in [-0.15, -0.1) is 0 Å². The quantitative estimate of drug-likeness (QED) is 0.157. The van der Waals surface area contributed by atoms with Gasteiger partial charge in [-0.3, -0.25) is 4.90 Å². The Bertz CT molecular complexity index is 296. The highest BCUT2D eigenvalue weighted by molar-refractivity contribution is 4.69. The average Bonchev–Trinajstić information content (AvgIpc) is 2.72. The third-order valence-electron chi connectivity index (χ3n) is 6.26. The van der Waals surface area contributed by atoms with Gasteiger partial charge in [0, 0.05) is 13.1 Å². The maximum atomic E-state index is 10.4. The fraction of sp³-hybridized carbons (Fsp3) is 1.00. The summed E-state index contributed by atoms with van der Waals surface area (Å²) in [4.78, 5) is 2.28. The van der Waals surface area contributed by atoms with E-state index in [2.05, 4.69) is 25.7 Å². The van der Waals surface area contributed by atoms with Crippen LogP contribution in [0, 0.1) is 0 Å². The molecule has 0 bridgehead atoms. The molecule has 0 aromatic rings. The minimum Gasteiger partial charge on any atom is -0.392 e. The first-order valence-electron chi connectivity index (χ1n) is 13.7. The second kappa shape index (κ2) is 23.5. The molecule has 2 atom stereocenters. The lowest BCUT2D eigenvalue weighted by Gasteiger charge is -2.27. The molecule has 0 fully saturated rings. The van der Waals surface area contributed by atoms with Crippen molar-refractivity contribution in [1.29, 1.82) is 0 Å². The molecule has 2 N–H and O–H groups in total. The lowest BCUT2D eigenvalue weighted by atomic mass is 10.0. The highest BCUT2D eigenvalue weighted by atomic mass is 16.3. The molecule has 0 saturated heterocycles. The van der Waals surface area contributed by atoms with Crippen molar-refractivity contribution in [3.63, 3.8) is 0 Å². The number of unbranched alkanes of at least 4 members (excludes halogenated alkanes) is 14. The van der Waals surface area contributed by atoms with Gasteiger partial charge in [-0.05, 0) is 25.8 Å². The standard InChI is InChI=1S/C27H57NO2/c1-4-7-9-11-13-15-17-19-21-26(29)24-28(23-6-3)25-27(30)22-20-18-16-14-12-10-8-5-2/h26-27,29-30H,4-25H2,1-3H3. The zero-order chi connectivity index (χ0) is 22.3. The van der Waals surface area contributed by atoms with E-state index >= 15 is 0 Å². The first-order chi connectivity index (χ1) is 14.6. The monoisotopic (exact) mass is 427 g/mol. The minimum atomic E-state index is -0.244. The fourth-order valence-electron chi connectivity index (χ4n) is 4.38. The molecule has 2 unspecified atom stereocenters. The maximum Gasteiger partial charge on any atom is 0.0667 e. The van der Waals surface area contributed by atoms with E-state index in [4.69, 9.17) is 0 Å². The lowest BCUT2D eigenvalue weighted by molar-refractivity contribution is 0.0606. The molecule has 182 valence electrons. The van der Waals surface area contributed by atoms with Crippen molar-refractivity contribution in [2.45, 2.75) is 155 Å². The molecule has 0 saturated carbocycles. The zero-order valence-electron chi connectivity index (χ0n) is 21.1. The minimum absolute atomic E-state index is 0.244. The van der Waals surface area contributed by atoms with E-state index < -0.39 is 0 Å². The van der Waals surface area contributed by atoms with Crippen LogP contribution in [0.2, 0.25) is 0 Å². The molecule has 0 radical (unpaired) electrons. The number of hydrogen-bond acceptors (Lipinski definition) is 3. The van der Waals surface area contributed by atoms with Crippen molar-refractivity contribution >= 4 is 0 Å². The van der Waals surface area contributed by atoms with E-state index in [1.54, 1.807) is 0 Å². The molecule has 0 amide bonds. The third-order valence-corrected chi connectivity index (χ3v) is 6.26. The van der Waals surface area contributed by atoms with Crippen LogP contribution in [0.4, 0.5) is 0 Å². The Kier molecular flexibility index (Phi) is 23.4. The summed E-state index contributed by atoms with van der Waals surface area (Å²) in [5.41, 5.74) is 0. The summed E-state index contributed by atoms with van der Waals surface area (Å²) in [6.07, 6.45) is 23.4. The summed E-state index contributed by atoms with van der Waals surface area (Å²) >= 11 is 0. The third kappa shape index (κ3) is 21.1. The summed E-state index contributed by atoms with van der Waals surface area (Å²) < 4.78 is 0. The Balaban J connectivity index is 3.77. The van der Waals surface area contributed by atoms with Gasteiger partial charge in [-0.1, -0.05) is 124 Å². The molecule has 0 heterocycles. The SMILES string of the molecule is CCCCCCCCCCC(O)CN(CCC)CC(O)CCCCCCCCCC. The Labute approximate surface area is 190 Å². The number of rotatable bonds is 24. The van der Waals surface area contributed by atoms with Gasteiger partial charge in [0.05, 0.1) is 12.2 Å². The van der Waals surface area contributed by atoms with Crippen molar-refractivity contribution in [2.24, 2.45) is 0 Å². The first kappa shape index (κ1) is 29.9. The van der Waals surface area contributed by atoms with Crippen LogP contribution in [0.1, 0.15) is 143 Å². The fourth-order valence-corrected chi connectivity index (χ4v) is 4.38. The van der Waals surface area contributed by atoms with Crippen molar-refractivity contribution in [2.75, 3.05) is 19.6 Å². The number of aliphatic hydroxyl groups excluding tert-OH is 2. The highest BCUT2D eigenvalue weighted by Gasteiger charge is 2.15. The molecular weight excluding hydrogens is 370 g/mol. The van der Waals surface area contributed by atoms with E-state index in [1.165, 1.54) is 89.9 Å². The lowest BCUT2D eigenvalue weighted by Crippen LogP contribution is -2.38. The Morgan fingerprint density at radius 2 is 0.800 bits per heavy atom. The van der Waals surface area contributed by atoms with E-state index in [9.17, 15) is 10.2 Å².